The lowest BCUT2D eigenvalue weighted by Crippen LogP contribution is -2.28. The monoisotopic (exact) mass is 300 g/mol. The van der Waals surface area contributed by atoms with Gasteiger partial charge in [-0.2, -0.15) is 0 Å². The molecule has 7 heteroatoms. The number of rotatable bonds is 2. The molecule has 2 rings (SSSR count). The van der Waals surface area contributed by atoms with E-state index in [4.69, 9.17) is 5.11 Å². The fraction of sp³-hybridized carbons (Fsp3) is 0.300. The number of pyridine rings is 1. The van der Waals surface area contributed by atoms with Crippen molar-refractivity contribution in [1.29, 1.82) is 0 Å². The smallest absolute Gasteiger partial charge is 0.339 e. The molecular weight excluding hydrogens is 292 g/mol. The molecule has 0 bridgehead atoms. The third-order valence-electron chi connectivity index (χ3n) is 2.42. The Balaban J connectivity index is 2.45. The standard InChI is InChI=1S/C10H9BrN2O4/c11-5-1-7(10(16)17)9(12-3-5)13-4-6(14)2-8(13)15/h1,3,6,14H,2,4H2,(H,16,17). The lowest BCUT2D eigenvalue weighted by molar-refractivity contribution is -0.117. The van der Waals surface area contributed by atoms with Gasteiger partial charge >= 0.3 is 5.97 Å². The van der Waals surface area contributed by atoms with Crippen molar-refractivity contribution in [1.82, 2.24) is 4.98 Å². The zero-order valence-electron chi connectivity index (χ0n) is 8.63. The van der Waals surface area contributed by atoms with Gasteiger partial charge in [-0.15, -0.1) is 0 Å². The van der Waals surface area contributed by atoms with E-state index in [-0.39, 0.29) is 30.3 Å². The highest BCUT2D eigenvalue weighted by molar-refractivity contribution is 9.10. The molecule has 17 heavy (non-hydrogen) atoms. The van der Waals surface area contributed by atoms with E-state index in [1.54, 1.807) is 0 Å². The molecule has 1 atom stereocenters. The fourth-order valence-electron chi connectivity index (χ4n) is 1.70. The van der Waals surface area contributed by atoms with E-state index in [1.165, 1.54) is 17.2 Å². The SMILES string of the molecule is O=C(O)c1cc(Br)cnc1N1CC(O)CC1=O. The van der Waals surface area contributed by atoms with Crippen LogP contribution in [0.5, 0.6) is 0 Å². The summed E-state index contributed by atoms with van der Waals surface area (Å²) in [6.45, 7) is 0.0771. The van der Waals surface area contributed by atoms with Crippen molar-refractivity contribution >= 4 is 33.6 Å². The molecule has 2 N–H and O–H groups in total. The highest BCUT2D eigenvalue weighted by Crippen LogP contribution is 2.25. The van der Waals surface area contributed by atoms with Crippen molar-refractivity contribution in [2.75, 3.05) is 11.4 Å². The van der Waals surface area contributed by atoms with Crippen LogP contribution in [0.2, 0.25) is 0 Å². The summed E-state index contributed by atoms with van der Waals surface area (Å²) >= 11 is 3.12. The number of halogens is 1. The maximum atomic E-state index is 11.6. The van der Waals surface area contributed by atoms with Crippen molar-refractivity contribution in [2.24, 2.45) is 0 Å². The number of carbonyl (C=O) groups excluding carboxylic acids is 1. The lowest BCUT2D eigenvalue weighted by Gasteiger charge is -2.16. The number of β-amino-alcohol motifs (C(OH)–C–C–N with tert-alkyl or cyclic N) is 1. The normalized spacial score (nSPS) is 19.8. The molecule has 0 spiro atoms. The highest BCUT2D eigenvalue weighted by atomic mass is 79.9. The van der Waals surface area contributed by atoms with Gasteiger partial charge in [-0.1, -0.05) is 0 Å². The van der Waals surface area contributed by atoms with Crippen molar-refractivity contribution in [3.8, 4) is 0 Å². The number of aromatic nitrogens is 1. The summed E-state index contributed by atoms with van der Waals surface area (Å²) in [6.07, 6.45) is 0.644. The molecule has 1 saturated heterocycles. The molecule has 1 fully saturated rings. The number of nitrogens with zero attached hydrogens (tertiary/aromatic N) is 2. The van der Waals surface area contributed by atoms with Gasteiger partial charge in [-0.05, 0) is 22.0 Å². The molecule has 1 aliphatic rings. The summed E-state index contributed by atoms with van der Waals surface area (Å²) in [4.78, 5) is 27.8. The number of carbonyl (C=O) groups is 2. The predicted octanol–water partition coefficient (Wildman–Crippen LogP) is 0.640. The maximum absolute atomic E-state index is 11.6. The number of anilines is 1. The minimum Gasteiger partial charge on any atom is -0.478 e. The molecule has 0 radical (unpaired) electrons. The molecule has 1 amide bonds. The van der Waals surface area contributed by atoms with E-state index in [1.807, 2.05) is 0 Å². The summed E-state index contributed by atoms with van der Waals surface area (Å²) in [5.41, 5.74) is -0.0678. The Labute approximate surface area is 105 Å². The zero-order valence-corrected chi connectivity index (χ0v) is 10.2. The van der Waals surface area contributed by atoms with E-state index < -0.39 is 12.1 Å². The summed E-state index contributed by atoms with van der Waals surface area (Å²) in [6, 6.07) is 1.38. The highest BCUT2D eigenvalue weighted by Gasteiger charge is 2.32. The minimum absolute atomic E-state index is 0.00317. The van der Waals surface area contributed by atoms with Gasteiger partial charge in [0.2, 0.25) is 5.91 Å². The molecule has 1 aromatic rings. The lowest BCUT2D eigenvalue weighted by atomic mass is 10.2. The Morgan fingerprint density at radius 2 is 2.29 bits per heavy atom. The average molecular weight is 301 g/mol. The first-order chi connectivity index (χ1) is 7.99. The largest absolute Gasteiger partial charge is 0.478 e. The van der Waals surface area contributed by atoms with Crippen molar-refractivity contribution in [3.05, 3.63) is 22.3 Å². The van der Waals surface area contributed by atoms with Crippen molar-refractivity contribution < 1.29 is 19.8 Å². The topological polar surface area (TPSA) is 90.7 Å². The fourth-order valence-corrected chi connectivity index (χ4v) is 2.03. The van der Waals surface area contributed by atoms with Crippen LogP contribution in [0.4, 0.5) is 5.82 Å². The number of carboxylic acids is 1. The molecule has 0 aliphatic carbocycles. The molecule has 6 nitrogen and oxygen atoms in total. The van der Waals surface area contributed by atoms with Crippen LogP contribution in [0.25, 0.3) is 0 Å². The van der Waals surface area contributed by atoms with Crippen LogP contribution in [0, 0.1) is 0 Å². The van der Waals surface area contributed by atoms with Crippen LogP contribution in [0.3, 0.4) is 0 Å². The molecule has 1 aliphatic heterocycles. The maximum Gasteiger partial charge on any atom is 0.339 e. The first-order valence-electron chi connectivity index (χ1n) is 4.86. The third-order valence-corrected chi connectivity index (χ3v) is 2.86. The number of aliphatic hydroxyl groups is 1. The predicted molar refractivity (Wildman–Crippen MR) is 61.9 cm³/mol. The zero-order chi connectivity index (χ0) is 12.6. The van der Waals surface area contributed by atoms with Gasteiger partial charge in [0.25, 0.3) is 0 Å². The number of carboxylic acid groups (broad SMARTS) is 1. The van der Waals surface area contributed by atoms with E-state index in [2.05, 4.69) is 20.9 Å². The number of hydrogen-bond acceptors (Lipinski definition) is 4. The Bertz CT molecular complexity index is 491. The summed E-state index contributed by atoms with van der Waals surface area (Å²) < 4.78 is 0.519. The van der Waals surface area contributed by atoms with Crippen LogP contribution in [0.1, 0.15) is 16.8 Å². The van der Waals surface area contributed by atoms with Gasteiger partial charge in [0.15, 0.2) is 0 Å². The van der Waals surface area contributed by atoms with Gasteiger partial charge < -0.3 is 10.2 Å². The Hall–Kier alpha value is -1.47. The number of hydrogen-bond donors (Lipinski definition) is 2. The molecule has 90 valence electrons. The van der Waals surface area contributed by atoms with Crippen LogP contribution in [-0.4, -0.2) is 39.7 Å². The molecule has 1 aromatic heterocycles. The van der Waals surface area contributed by atoms with Gasteiger partial charge in [-0.3, -0.25) is 9.69 Å². The third kappa shape index (κ3) is 2.29. The van der Waals surface area contributed by atoms with Crippen LogP contribution in [0.15, 0.2) is 16.7 Å². The Morgan fingerprint density at radius 1 is 1.59 bits per heavy atom. The summed E-state index contributed by atoms with van der Waals surface area (Å²) in [7, 11) is 0. The quantitative estimate of drug-likeness (QED) is 0.836. The molecular formula is C10H9BrN2O4. The number of amides is 1. The van der Waals surface area contributed by atoms with Crippen LogP contribution < -0.4 is 4.90 Å². The van der Waals surface area contributed by atoms with Gasteiger partial charge in [0.1, 0.15) is 11.4 Å². The summed E-state index contributed by atoms with van der Waals surface area (Å²) in [5.74, 6) is -1.42. The second-order valence-electron chi connectivity index (χ2n) is 3.69. The Morgan fingerprint density at radius 3 is 2.82 bits per heavy atom. The van der Waals surface area contributed by atoms with E-state index in [9.17, 15) is 14.7 Å². The molecule has 0 saturated carbocycles. The van der Waals surface area contributed by atoms with E-state index in [0.29, 0.717) is 4.47 Å². The van der Waals surface area contributed by atoms with E-state index >= 15 is 0 Å². The number of aromatic carboxylic acids is 1. The molecule has 1 unspecified atom stereocenters. The summed E-state index contributed by atoms with van der Waals surface area (Å²) in [5, 5.41) is 18.4. The van der Waals surface area contributed by atoms with Crippen LogP contribution in [-0.2, 0) is 4.79 Å². The molecule has 2 heterocycles. The van der Waals surface area contributed by atoms with E-state index in [0.717, 1.165) is 0 Å². The minimum atomic E-state index is -1.16. The van der Waals surface area contributed by atoms with Crippen molar-refractivity contribution in [2.45, 2.75) is 12.5 Å². The second-order valence-corrected chi connectivity index (χ2v) is 4.61. The first-order valence-corrected chi connectivity index (χ1v) is 5.65. The second kappa shape index (κ2) is 4.42. The number of aliphatic hydroxyl groups excluding tert-OH is 1. The van der Waals surface area contributed by atoms with Gasteiger partial charge in [0.05, 0.1) is 19.1 Å². The van der Waals surface area contributed by atoms with Gasteiger partial charge in [-0.25, -0.2) is 9.78 Å². The average Bonchev–Trinajstić information content (AvgIpc) is 2.57. The Kier molecular flexibility index (Phi) is 3.12. The van der Waals surface area contributed by atoms with Crippen molar-refractivity contribution in [3.63, 3.8) is 0 Å². The van der Waals surface area contributed by atoms with Gasteiger partial charge in [0, 0.05) is 10.7 Å². The molecule has 0 aromatic carbocycles. The van der Waals surface area contributed by atoms with Crippen LogP contribution >= 0.6 is 15.9 Å². The first kappa shape index (κ1) is 12.0.